The summed E-state index contributed by atoms with van der Waals surface area (Å²) in [6, 6.07) is 55.4. The zero-order chi connectivity index (χ0) is 31.7. The molecule has 1 aliphatic heterocycles. The fourth-order valence-corrected chi connectivity index (χ4v) is 10.4. The minimum absolute atomic E-state index is 0.00755. The number of benzene rings is 6. The average molecular weight is 622 g/mol. The highest BCUT2D eigenvalue weighted by Gasteiger charge is 2.61. The third kappa shape index (κ3) is 4.32. The third-order valence-electron chi connectivity index (χ3n) is 12.1. The van der Waals surface area contributed by atoms with Crippen LogP contribution in [-0.2, 0) is 5.41 Å². The number of nitrogens with zero attached hydrogens (tertiary/aromatic N) is 1. The van der Waals surface area contributed by atoms with E-state index in [0.29, 0.717) is 11.8 Å². The molecule has 2 heteroatoms. The average Bonchev–Trinajstić information content (AvgIpc) is 3.14. The van der Waals surface area contributed by atoms with E-state index in [0.717, 1.165) is 34.7 Å². The van der Waals surface area contributed by atoms with E-state index < -0.39 is 0 Å². The molecule has 6 aromatic rings. The second-order valence-corrected chi connectivity index (χ2v) is 14.6. The van der Waals surface area contributed by atoms with Crippen molar-refractivity contribution in [3.63, 3.8) is 0 Å². The number of hydrogen-bond donors (Lipinski definition) is 0. The molecule has 48 heavy (non-hydrogen) atoms. The molecule has 0 radical (unpaired) electrons. The summed E-state index contributed by atoms with van der Waals surface area (Å²) in [6.45, 7) is 0. The van der Waals surface area contributed by atoms with Crippen LogP contribution in [0.2, 0.25) is 0 Å². The smallest absolute Gasteiger partial charge is 0.131 e. The van der Waals surface area contributed by atoms with E-state index in [1.165, 1.54) is 71.2 Å². The van der Waals surface area contributed by atoms with Crippen LogP contribution in [0.5, 0.6) is 11.5 Å². The summed E-state index contributed by atoms with van der Waals surface area (Å²) in [7, 11) is 0. The Labute approximate surface area is 283 Å². The molecule has 4 aliphatic carbocycles. The van der Waals surface area contributed by atoms with Crippen LogP contribution in [0, 0.1) is 23.7 Å². The minimum Gasteiger partial charge on any atom is -0.457 e. The lowest BCUT2D eigenvalue weighted by Crippen LogP contribution is -2.57. The van der Waals surface area contributed by atoms with Gasteiger partial charge in [-0.1, -0.05) is 103 Å². The zero-order valence-electron chi connectivity index (χ0n) is 27.1. The third-order valence-corrected chi connectivity index (χ3v) is 12.1. The first-order chi connectivity index (χ1) is 23.7. The van der Waals surface area contributed by atoms with Crippen LogP contribution in [-0.4, -0.2) is 0 Å². The van der Waals surface area contributed by atoms with Gasteiger partial charge in [-0.25, -0.2) is 0 Å². The molecule has 0 N–H and O–H groups in total. The summed E-state index contributed by atoms with van der Waals surface area (Å²) in [4.78, 5) is 2.44. The Morgan fingerprint density at radius 2 is 0.875 bits per heavy atom. The first-order valence-electron chi connectivity index (χ1n) is 17.8. The summed E-state index contributed by atoms with van der Waals surface area (Å²) in [5.74, 6) is 5.22. The van der Waals surface area contributed by atoms with Crippen LogP contribution >= 0.6 is 0 Å². The van der Waals surface area contributed by atoms with Crippen LogP contribution in [0.25, 0.3) is 22.3 Å². The van der Waals surface area contributed by atoms with E-state index >= 15 is 0 Å². The molecule has 4 bridgehead atoms. The van der Waals surface area contributed by atoms with Gasteiger partial charge in [0.15, 0.2) is 0 Å². The molecular weight excluding hydrogens is 583 g/mol. The second kappa shape index (κ2) is 11.0. The van der Waals surface area contributed by atoms with Crippen molar-refractivity contribution in [1.82, 2.24) is 0 Å². The molecule has 4 saturated carbocycles. The van der Waals surface area contributed by atoms with E-state index in [9.17, 15) is 0 Å². The largest absolute Gasteiger partial charge is 0.457 e. The summed E-state index contributed by atoms with van der Waals surface area (Å²) < 4.78 is 6.77. The maximum absolute atomic E-state index is 6.77. The predicted molar refractivity (Wildman–Crippen MR) is 196 cm³/mol. The van der Waals surface area contributed by atoms with E-state index in [-0.39, 0.29) is 5.41 Å². The number of hydrogen-bond acceptors (Lipinski definition) is 2. The highest BCUT2D eigenvalue weighted by molar-refractivity contribution is 5.81. The summed E-state index contributed by atoms with van der Waals surface area (Å²) >= 11 is 0. The van der Waals surface area contributed by atoms with Gasteiger partial charge < -0.3 is 9.64 Å². The molecule has 0 aromatic heterocycles. The fourth-order valence-electron chi connectivity index (χ4n) is 10.4. The lowest BCUT2D eigenvalue weighted by Gasteiger charge is -2.63. The van der Waals surface area contributed by atoms with E-state index in [4.69, 9.17) is 4.74 Å². The zero-order valence-corrected chi connectivity index (χ0v) is 27.1. The predicted octanol–water partition coefficient (Wildman–Crippen LogP) is 12.3. The summed E-state index contributed by atoms with van der Waals surface area (Å²) in [5.41, 5.74) is 11.2. The molecule has 4 fully saturated rings. The highest BCUT2D eigenvalue weighted by atomic mass is 16.5. The van der Waals surface area contributed by atoms with Gasteiger partial charge in [-0.2, -0.15) is 0 Å². The second-order valence-electron chi connectivity index (χ2n) is 14.6. The van der Waals surface area contributed by atoms with Crippen molar-refractivity contribution in [3.8, 4) is 33.8 Å². The normalized spacial score (nSPS) is 24.5. The van der Waals surface area contributed by atoms with Crippen molar-refractivity contribution in [2.75, 3.05) is 4.90 Å². The van der Waals surface area contributed by atoms with Crippen molar-refractivity contribution in [3.05, 3.63) is 163 Å². The number of fused-ring (bicyclic) bond motifs is 2. The van der Waals surface area contributed by atoms with Crippen LogP contribution in [0.3, 0.4) is 0 Å². The Balaban J connectivity index is 1.13. The van der Waals surface area contributed by atoms with E-state index in [1.54, 1.807) is 0 Å². The Hall–Kier alpha value is -5.08. The van der Waals surface area contributed by atoms with Gasteiger partial charge in [0.25, 0.3) is 0 Å². The van der Waals surface area contributed by atoms with Gasteiger partial charge in [0.1, 0.15) is 11.5 Å². The van der Waals surface area contributed by atoms with Gasteiger partial charge in [0.05, 0.1) is 0 Å². The maximum atomic E-state index is 6.77. The maximum Gasteiger partial charge on any atom is 0.131 e. The van der Waals surface area contributed by atoms with Gasteiger partial charge in [-0.05, 0) is 127 Å². The Morgan fingerprint density at radius 1 is 0.417 bits per heavy atom. The molecule has 0 amide bonds. The molecule has 11 rings (SSSR count). The Bertz CT molecular complexity index is 1990. The number of anilines is 3. The molecule has 1 heterocycles. The molecule has 234 valence electrons. The SMILES string of the molecule is c1ccc(-c2ccc(N(c3ccc(-c4ccccc4)cc3)c3ccc4c(c3)C3(c5ccccc5O4)C4CC5CC(C4)CC3C5)cc2)cc1. The van der Waals surface area contributed by atoms with Crippen molar-refractivity contribution < 1.29 is 4.74 Å². The van der Waals surface area contributed by atoms with Gasteiger partial charge in [0.2, 0.25) is 0 Å². The molecule has 2 nitrogen and oxygen atoms in total. The number of rotatable bonds is 5. The van der Waals surface area contributed by atoms with Crippen LogP contribution in [0.15, 0.2) is 152 Å². The van der Waals surface area contributed by atoms with Gasteiger partial charge in [-0.3, -0.25) is 0 Å². The fraction of sp³-hybridized carbons (Fsp3) is 0.217. The van der Waals surface area contributed by atoms with Gasteiger partial charge in [0, 0.05) is 33.6 Å². The van der Waals surface area contributed by atoms with Crippen LogP contribution < -0.4 is 9.64 Å². The first kappa shape index (κ1) is 28.0. The molecule has 0 unspecified atom stereocenters. The standard InChI is InChI=1S/C46H39NO/c1-3-9-33(10-4-1)35-15-19-39(20-16-35)47(40-21-17-36(18-22-40)34-11-5-2-6-12-34)41-23-24-45-43(30-41)46(42-13-7-8-14-44(42)48-45)37-26-31-25-32(28-37)29-38(46)27-31/h1-24,30-32,37-38H,25-29H2. The van der Waals surface area contributed by atoms with Crippen molar-refractivity contribution in [2.45, 2.75) is 37.5 Å². The van der Waals surface area contributed by atoms with Crippen LogP contribution in [0.4, 0.5) is 17.1 Å². The minimum atomic E-state index is 0.00755. The van der Waals surface area contributed by atoms with Crippen molar-refractivity contribution in [2.24, 2.45) is 23.7 Å². The molecular formula is C46H39NO. The first-order valence-corrected chi connectivity index (χ1v) is 17.8. The number of para-hydroxylation sites is 1. The van der Waals surface area contributed by atoms with Crippen molar-refractivity contribution in [1.29, 1.82) is 0 Å². The number of ether oxygens (including phenoxy) is 1. The molecule has 6 aromatic carbocycles. The van der Waals surface area contributed by atoms with Crippen molar-refractivity contribution >= 4 is 17.1 Å². The monoisotopic (exact) mass is 621 g/mol. The molecule has 1 spiro atoms. The summed E-state index contributed by atoms with van der Waals surface area (Å²) in [6.07, 6.45) is 6.82. The van der Waals surface area contributed by atoms with Crippen LogP contribution in [0.1, 0.15) is 43.2 Å². The highest BCUT2D eigenvalue weighted by Crippen LogP contribution is 2.69. The Morgan fingerprint density at radius 3 is 1.44 bits per heavy atom. The van der Waals surface area contributed by atoms with E-state index in [1.807, 2.05) is 0 Å². The van der Waals surface area contributed by atoms with Gasteiger partial charge in [-0.15, -0.1) is 0 Å². The Kier molecular flexibility index (Phi) is 6.41. The topological polar surface area (TPSA) is 12.5 Å². The quantitative estimate of drug-likeness (QED) is 0.190. The lowest BCUT2D eigenvalue weighted by atomic mass is 9.42. The summed E-state index contributed by atoms with van der Waals surface area (Å²) in [5, 5.41) is 0. The lowest BCUT2D eigenvalue weighted by molar-refractivity contribution is -0.0452. The molecule has 0 saturated heterocycles. The van der Waals surface area contributed by atoms with E-state index in [2.05, 4.69) is 157 Å². The molecule has 5 aliphatic rings. The molecule has 0 atom stereocenters. The van der Waals surface area contributed by atoms with Gasteiger partial charge >= 0.3 is 0 Å².